The van der Waals surface area contributed by atoms with Gasteiger partial charge in [-0.15, -0.1) is 0 Å². The number of ether oxygens (including phenoxy) is 1. The lowest BCUT2D eigenvalue weighted by atomic mass is 9.94. The van der Waals surface area contributed by atoms with E-state index in [1.807, 2.05) is 0 Å². The Kier molecular flexibility index (Phi) is 4.93. The molecular formula is C14H17F3N6O. The molecule has 1 aliphatic rings. The molecule has 0 atom stereocenters. The average molecular weight is 342 g/mol. The smallest absolute Gasteiger partial charge is 0.422 e. The van der Waals surface area contributed by atoms with Gasteiger partial charge in [0, 0.05) is 18.8 Å². The van der Waals surface area contributed by atoms with Gasteiger partial charge in [0.25, 0.3) is 0 Å². The zero-order valence-electron chi connectivity index (χ0n) is 12.8. The van der Waals surface area contributed by atoms with Crippen LogP contribution < -0.4 is 10.1 Å². The molecule has 0 spiro atoms. The van der Waals surface area contributed by atoms with Crippen LogP contribution in [0.25, 0.3) is 5.95 Å². The molecule has 7 nitrogen and oxygen atoms in total. The molecule has 3 heterocycles. The fraction of sp³-hybridized carbons (Fsp3) is 0.571. The molecule has 130 valence electrons. The molecule has 10 heteroatoms. The molecule has 0 saturated carbocycles. The number of aromatic nitrogens is 5. The highest BCUT2D eigenvalue weighted by atomic mass is 19.4. The van der Waals surface area contributed by atoms with Gasteiger partial charge in [0.15, 0.2) is 6.61 Å². The number of nitrogens with zero attached hydrogens (tertiary/aromatic N) is 5. The minimum atomic E-state index is -4.45. The minimum Gasteiger partial charge on any atom is -0.454 e. The van der Waals surface area contributed by atoms with E-state index in [2.05, 4.69) is 25.3 Å². The maximum absolute atomic E-state index is 12.4. The van der Waals surface area contributed by atoms with Crippen molar-refractivity contribution >= 4 is 0 Å². The molecule has 0 bridgehead atoms. The second-order valence-electron chi connectivity index (χ2n) is 5.61. The monoisotopic (exact) mass is 342 g/mol. The third-order valence-electron chi connectivity index (χ3n) is 3.68. The Morgan fingerprint density at radius 2 is 2.00 bits per heavy atom. The fourth-order valence-corrected chi connectivity index (χ4v) is 2.53. The number of hydrogen-bond acceptors (Lipinski definition) is 6. The molecule has 1 fully saturated rings. The van der Waals surface area contributed by atoms with Crippen LogP contribution in [0.3, 0.4) is 0 Å². The molecule has 3 rings (SSSR count). The van der Waals surface area contributed by atoms with Crippen LogP contribution in [0.4, 0.5) is 13.2 Å². The topological polar surface area (TPSA) is 77.8 Å². The summed E-state index contributed by atoms with van der Waals surface area (Å²) < 4.78 is 43.3. The van der Waals surface area contributed by atoms with Crippen LogP contribution in [0.15, 0.2) is 18.7 Å². The second-order valence-corrected chi connectivity index (χ2v) is 5.61. The van der Waals surface area contributed by atoms with E-state index in [1.165, 1.54) is 17.1 Å². The summed E-state index contributed by atoms with van der Waals surface area (Å²) in [6.45, 7) is 0.399. The lowest BCUT2D eigenvalue weighted by Gasteiger charge is -2.22. The number of rotatable bonds is 5. The molecule has 1 aliphatic heterocycles. The van der Waals surface area contributed by atoms with Crippen LogP contribution in [0.2, 0.25) is 0 Å². The van der Waals surface area contributed by atoms with Gasteiger partial charge in [-0.2, -0.15) is 28.1 Å². The van der Waals surface area contributed by atoms with Crippen molar-refractivity contribution in [3.63, 3.8) is 0 Å². The predicted octanol–water partition coefficient (Wildman–Crippen LogP) is 1.54. The van der Waals surface area contributed by atoms with E-state index in [-0.39, 0.29) is 12.0 Å². The summed E-state index contributed by atoms with van der Waals surface area (Å²) in [6.07, 6.45) is 2.70. The number of alkyl halides is 3. The van der Waals surface area contributed by atoms with Crippen molar-refractivity contribution in [2.24, 2.45) is 5.92 Å². The lowest BCUT2D eigenvalue weighted by molar-refractivity contribution is -0.154. The summed E-state index contributed by atoms with van der Waals surface area (Å²) in [5.41, 5.74) is 0. The van der Waals surface area contributed by atoms with E-state index in [9.17, 15) is 13.2 Å². The quantitative estimate of drug-likeness (QED) is 0.888. The Morgan fingerprint density at radius 3 is 2.67 bits per heavy atom. The molecule has 2 aromatic rings. The predicted molar refractivity (Wildman–Crippen MR) is 77.8 cm³/mol. The van der Waals surface area contributed by atoms with E-state index in [0.717, 1.165) is 25.9 Å². The first kappa shape index (κ1) is 16.6. The van der Waals surface area contributed by atoms with Crippen molar-refractivity contribution in [2.75, 3.05) is 19.7 Å². The summed E-state index contributed by atoms with van der Waals surface area (Å²) in [5.74, 6) is 1.01. The van der Waals surface area contributed by atoms with Crippen molar-refractivity contribution in [3.8, 4) is 12.0 Å². The normalized spacial score (nSPS) is 16.3. The lowest BCUT2D eigenvalue weighted by Crippen LogP contribution is -2.29. The number of halogens is 3. The molecule has 0 unspecified atom stereocenters. The first-order valence-electron chi connectivity index (χ1n) is 7.63. The highest BCUT2D eigenvalue weighted by Crippen LogP contribution is 2.19. The fourth-order valence-electron chi connectivity index (χ4n) is 2.53. The third-order valence-corrected chi connectivity index (χ3v) is 3.68. The van der Waals surface area contributed by atoms with Crippen LogP contribution in [0, 0.1) is 5.92 Å². The summed E-state index contributed by atoms with van der Waals surface area (Å²) >= 11 is 0. The first-order valence-corrected chi connectivity index (χ1v) is 7.63. The zero-order valence-corrected chi connectivity index (χ0v) is 12.8. The van der Waals surface area contributed by atoms with E-state index in [1.54, 1.807) is 6.20 Å². The molecule has 0 amide bonds. The van der Waals surface area contributed by atoms with Gasteiger partial charge >= 0.3 is 12.2 Å². The van der Waals surface area contributed by atoms with Crippen LogP contribution in [0.1, 0.15) is 18.7 Å². The van der Waals surface area contributed by atoms with Crippen LogP contribution in [0.5, 0.6) is 6.01 Å². The van der Waals surface area contributed by atoms with Gasteiger partial charge in [0.2, 0.25) is 5.95 Å². The van der Waals surface area contributed by atoms with Crippen LogP contribution in [-0.2, 0) is 6.42 Å². The molecular weight excluding hydrogens is 325 g/mol. The maximum Gasteiger partial charge on any atom is 0.422 e. The van der Waals surface area contributed by atoms with Gasteiger partial charge < -0.3 is 10.1 Å². The standard InChI is InChI=1S/C14H17F3N6O/c15-14(16,17)8-24-13-21-11(7-10-1-3-18-4-2-10)20-12(22-13)23-6-5-19-9-23/h5-6,9-10,18H,1-4,7-8H2. The molecule has 1 saturated heterocycles. The number of nitrogens with one attached hydrogen (secondary N) is 1. The highest BCUT2D eigenvalue weighted by Gasteiger charge is 2.29. The average Bonchev–Trinajstić information content (AvgIpc) is 3.08. The molecule has 2 aromatic heterocycles. The van der Waals surface area contributed by atoms with Gasteiger partial charge in [-0.1, -0.05) is 0 Å². The van der Waals surface area contributed by atoms with Gasteiger partial charge in [-0.25, -0.2) is 4.98 Å². The van der Waals surface area contributed by atoms with E-state index < -0.39 is 12.8 Å². The Labute approximate surface area is 136 Å². The third kappa shape index (κ3) is 4.63. The molecule has 1 N–H and O–H groups in total. The Hall–Kier alpha value is -2.23. The first-order chi connectivity index (χ1) is 11.5. The zero-order chi connectivity index (χ0) is 17.0. The van der Waals surface area contributed by atoms with E-state index in [0.29, 0.717) is 18.2 Å². The summed E-state index contributed by atoms with van der Waals surface area (Å²) in [6, 6.07) is -0.324. The Morgan fingerprint density at radius 1 is 1.21 bits per heavy atom. The van der Waals surface area contributed by atoms with Crippen molar-refractivity contribution in [3.05, 3.63) is 24.5 Å². The number of imidazole rings is 1. The minimum absolute atomic E-state index is 0.198. The van der Waals surface area contributed by atoms with Gasteiger partial charge in [-0.05, 0) is 31.8 Å². The van der Waals surface area contributed by atoms with Crippen LogP contribution in [-0.4, -0.2) is 50.4 Å². The van der Waals surface area contributed by atoms with E-state index >= 15 is 0 Å². The van der Waals surface area contributed by atoms with E-state index in [4.69, 9.17) is 4.74 Å². The summed E-state index contributed by atoms with van der Waals surface area (Å²) in [7, 11) is 0. The molecule has 0 radical (unpaired) electrons. The SMILES string of the molecule is FC(F)(F)COc1nc(CC2CCNCC2)nc(-n2ccnc2)n1. The van der Waals surface area contributed by atoms with Gasteiger partial charge in [-0.3, -0.25) is 4.57 Å². The van der Waals surface area contributed by atoms with Crippen molar-refractivity contribution in [2.45, 2.75) is 25.4 Å². The molecule has 0 aromatic carbocycles. The van der Waals surface area contributed by atoms with Gasteiger partial charge in [0.05, 0.1) is 0 Å². The molecule has 24 heavy (non-hydrogen) atoms. The highest BCUT2D eigenvalue weighted by molar-refractivity contribution is 5.15. The maximum atomic E-state index is 12.4. The van der Waals surface area contributed by atoms with Crippen molar-refractivity contribution in [1.29, 1.82) is 0 Å². The Bertz CT molecular complexity index is 655. The number of hydrogen-bond donors (Lipinski definition) is 1. The summed E-state index contributed by atoms with van der Waals surface area (Å²) in [4.78, 5) is 16.2. The largest absolute Gasteiger partial charge is 0.454 e. The second kappa shape index (κ2) is 7.12. The van der Waals surface area contributed by atoms with Gasteiger partial charge in [0.1, 0.15) is 12.2 Å². The van der Waals surface area contributed by atoms with Crippen molar-refractivity contribution in [1.82, 2.24) is 29.8 Å². The summed E-state index contributed by atoms with van der Waals surface area (Å²) in [5, 5.41) is 3.27. The molecule has 0 aliphatic carbocycles. The van der Waals surface area contributed by atoms with Crippen LogP contribution >= 0.6 is 0 Å². The Balaban J connectivity index is 1.81. The van der Waals surface area contributed by atoms with Crippen molar-refractivity contribution < 1.29 is 17.9 Å². The number of piperidine rings is 1.